The van der Waals surface area contributed by atoms with Crippen LogP contribution in [0.3, 0.4) is 0 Å². The van der Waals surface area contributed by atoms with E-state index in [1.807, 2.05) is 23.6 Å². The van der Waals surface area contributed by atoms with Crippen LogP contribution in [-0.4, -0.2) is 56.7 Å². The highest BCUT2D eigenvalue weighted by Crippen LogP contribution is 2.22. The Hall–Kier alpha value is -3.89. The second-order valence-electron chi connectivity index (χ2n) is 8.65. The largest absolute Gasteiger partial charge is 0.354 e. The first-order valence-corrected chi connectivity index (χ1v) is 12.7. The van der Waals surface area contributed by atoms with Crippen molar-refractivity contribution in [3.8, 4) is 10.6 Å². The van der Waals surface area contributed by atoms with Gasteiger partial charge >= 0.3 is 0 Å². The fraction of sp³-hybridized carbons (Fsp3) is 0.269. The normalized spacial score (nSPS) is 15.0. The number of nitrogens with one attached hydrogen (secondary N) is 1. The molecule has 4 aromatic rings. The Morgan fingerprint density at radius 1 is 1.03 bits per heavy atom. The van der Waals surface area contributed by atoms with Crippen LogP contribution in [0.4, 0.5) is 11.6 Å². The van der Waals surface area contributed by atoms with Gasteiger partial charge in [-0.3, -0.25) is 14.5 Å². The van der Waals surface area contributed by atoms with Crippen molar-refractivity contribution in [3.05, 3.63) is 88.3 Å². The number of rotatable bonds is 7. The molecule has 184 valence electrons. The summed E-state index contributed by atoms with van der Waals surface area (Å²) in [7, 11) is 0. The molecule has 0 radical (unpaired) electrons. The van der Waals surface area contributed by atoms with E-state index in [1.165, 1.54) is 34.0 Å². The number of hydrogen-bond donors (Lipinski definition) is 1. The number of anilines is 2. The molecule has 1 aliphatic rings. The zero-order chi connectivity index (χ0) is 24.9. The third kappa shape index (κ3) is 5.50. The summed E-state index contributed by atoms with van der Waals surface area (Å²) >= 11 is 1.53. The lowest BCUT2D eigenvalue weighted by molar-refractivity contribution is -0.119. The van der Waals surface area contributed by atoms with E-state index in [2.05, 4.69) is 54.4 Å². The highest BCUT2D eigenvalue weighted by molar-refractivity contribution is 7.13. The molecule has 36 heavy (non-hydrogen) atoms. The lowest BCUT2D eigenvalue weighted by Gasteiger charge is -2.35. The quantitative estimate of drug-likeness (QED) is 0.415. The van der Waals surface area contributed by atoms with Gasteiger partial charge in [0.15, 0.2) is 0 Å². The number of carbonyl (C=O) groups excluding carboxylic acids is 1. The van der Waals surface area contributed by atoms with Gasteiger partial charge in [-0.25, -0.2) is 14.6 Å². The van der Waals surface area contributed by atoms with Gasteiger partial charge in [0.2, 0.25) is 5.91 Å². The third-order valence-electron chi connectivity index (χ3n) is 6.19. The molecule has 10 heteroatoms. The highest BCUT2D eigenvalue weighted by Gasteiger charge is 2.21. The van der Waals surface area contributed by atoms with E-state index in [1.54, 1.807) is 19.1 Å². The summed E-state index contributed by atoms with van der Waals surface area (Å²) in [5.74, 6) is 0.790. The van der Waals surface area contributed by atoms with Gasteiger partial charge in [0.1, 0.15) is 29.7 Å². The van der Waals surface area contributed by atoms with Crippen molar-refractivity contribution in [1.29, 1.82) is 0 Å². The van der Waals surface area contributed by atoms with Crippen molar-refractivity contribution in [2.45, 2.75) is 19.5 Å². The monoisotopic (exact) mass is 501 g/mol. The maximum atomic E-state index is 13.0. The smallest absolute Gasteiger partial charge is 0.267 e. The van der Waals surface area contributed by atoms with Crippen LogP contribution in [-0.2, 0) is 11.3 Å². The molecule has 1 fully saturated rings. The summed E-state index contributed by atoms with van der Waals surface area (Å²) in [6, 6.07) is 18.4. The topological polar surface area (TPSA) is 96.2 Å². The first-order chi connectivity index (χ1) is 17.6. The summed E-state index contributed by atoms with van der Waals surface area (Å²) < 4.78 is 1.21. The molecule has 5 rings (SSSR count). The van der Waals surface area contributed by atoms with Gasteiger partial charge in [-0.2, -0.15) is 5.10 Å². The molecule has 1 saturated heterocycles. The molecule has 1 aromatic carbocycles. The summed E-state index contributed by atoms with van der Waals surface area (Å²) in [5, 5.41) is 9.17. The minimum Gasteiger partial charge on any atom is -0.354 e. The van der Waals surface area contributed by atoms with E-state index < -0.39 is 6.04 Å². The Morgan fingerprint density at radius 2 is 1.83 bits per heavy atom. The second-order valence-corrected chi connectivity index (χ2v) is 9.60. The molecular formula is C26H27N7O2S. The van der Waals surface area contributed by atoms with Crippen LogP contribution < -0.4 is 15.8 Å². The Labute approximate surface area is 213 Å². The summed E-state index contributed by atoms with van der Waals surface area (Å²) in [4.78, 5) is 39.6. The van der Waals surface area contributed by atoms with Gasteiger partial charge in [-0.15, -0.1) is 11.3 Å². The van der Waals surface area contributed by atoms with Crippen molar-refractivity contribution >= 4 is 28.9 Å². The number of hydrogen-bond acceptors (Lipinski definition) is 8. The maximum Gasteiger partial charge on any atom is 0.267 e. The van der Waals surface area contributed by atoms with E-state index in [9.17, 15) is 9.59 Å². The Morgan fingerprint density at radius 3 is 2.58 bits per heavy atom. The Bertz CT molecular complexity index is 1370. The second kappa shape index (κ2) is 10.8. The van der Waals surface area contributed by atoms with Gasteiger partial charge in [-0.05, 0) is 30.0 Å². The SMILES string of the molecule is CC(C(=O)Nc1cc(N2CCN(Cc3ccccc3)CC2)ncn1)n1nc(-c2cccs2)ccc1=O. The Kier molecular flexibility index (Phi) is 7.15. The molecule has 1 aliphatic heterocycles. The minimum atomic E-state index is -0.808. The van der Waals surface area contributed by atoms with Crippen molar-refractivity contribution in [2.24, 2.45) is 0 Å². The molecule has 1 N–H and O–H groups in total. The summed E-state index contributed by atoms with van der Waals surface area (Å²) in [6.45, 7) is 6.10. The summed E-state index contributed by atoms with van der Waals surface area (Å²) in [5.41, 5.74) is 1.62. The zero-order valence-electron chi connectivity index (χ0n) is 19.9. The van der Waals surface area contributed by atoms with Crippen molar-refractivity contribution in [3.63, 3.8) is 0 Å². The number of carbonyl (C=O) groups is 1. The van der Waals surface area contributed by atoms with Gasteiger partial charge in [0.25, 0.3) is 5.56 Å². The van der Waals surface area contributed by atoms with Crippen LogP contribution in [0.2, 0.25) is 0 Å². The molecule has 0 aliphatic carbocycles. The number of piperazine rings is 1. The van der Waals surface area contributed by atoms with Crippen LogP contribution in [0.5, 0.6) is 0 Å². The average Bonchev–Trinajstić information content (AvgIpc) is 3.45. The van der Waals surface area contributed by atoms with Gasteiger partial charge < -0.3 is 10.2 Å². The molecule has 3 aromatic heterocycles. The standard InChI is InChI=1S/C26H27N7O2S/c1-19(33-25(34)10-9-21(30-33)22-8-5-15-36-22)26(35)29-23-16-24(28-18-27-23)32-13-11-31(12-14-32)17-20-6-3-2-4-7-20/h2-10,15-16,18-19H,11-14,17H2,1H3,(H,27,28,29,35). The van der Waals surface area contributed by atoms with Crippen molar-refractivity contribution < 1.29 is 4.79 Å². The molecule has 1 atom stereocenters. The number of nitrogens with zero attached hydrogens (tertiary/aromatic N) is 6. The van der Waals surface area contributed by atoms with Crippen molar-refractivity contribution in [1.82, 2.24) is 24.6 Å². The lowest BCUT2D eigenvalue weighted by atomic mass is 10.2. The van der Waals surface area contributed by atoms with Gasteiger partial charge in [-0.1, -0.05) is 36.4 Å². The first-order valence-electron chi connectivity index (χ1n) is 11.8. The van der Waals surface area contributed by atoms with Crippen LogP contribution in [0.25, 0.3) is 10.6 Å². The predicted octanol–water partition coefficient (Wildman–Crippen LogP) is 3.28. The lowest BCUT2D eigenvalue weighted by Crippen LogP contribution is -2.46. The third-order valence-corrected chi connectivity index (χ3v) is 7.09. The van der Waals surface area contributed by atoms with E-state index >= 15 is 0 Å². The van der Waals surface area contributed by atoms with E-state index in [0.717, 1.165) is 43.4 Å². The van der Waals surface area contributed by atoms with E-state index in [4.69, 9.17) is 0 Å². The molecule has 0 bridgehead atoms. The Balaban J connectivity index is 1.22. The molecule has 1 unspecified atom stereocenters. The maximum absolute atomic E-state index is 13.0. The number of thiophene rings is 1. The molecular weight excluding hydrogens is 474 g/mol. The van der Waals surface area contributed by atoms with Crippen LogP contribution in [0.15, 0.2) is 77.2 Å². The van der Waals surface area contributed by atoms with Crippen LogP contribution in [0.1, 0.15) is 18.5 Å². The fourth-order valence-electron chi connectivity index (χ4n) is 4.17. The zero-order valence-corrected chi connectivity index (χ0v) is 20.8. The van der Waals surface area contributed by atoms with Gasteiger partial charge in [0.05, 0.1) is 4.88 Å². The van der Waals surface area contributed by atoms with E-state index in [-0.39, 0.29) is 11.5 Å². The molecule has 0 saturated carbocycles. The number of benzene rings is 1. The molecule has 1 amide bonds. The van der Waals surface area contributed by atoms with Crippen LogP contribution >= 0.6 is 11.3 Å². The fourth-order valence-corrected chi connectivity index (χ4v) is 4.86. The van der Waals surface area contributed by atoms with Gasteiger partial charge in [0, 0.05) is 44.9 Å². The first kappa shape index (κ1) is 23.8. The minimum absolute atomic E-state index is 0.338. The van der Waals surface area contributed by atoms with Crippen molar-refractivity contribution in [2.75, 3.05) is 36.4 Å². The number of amides is 1. The predicted molar refractivity (Wildman–Crippen MR) is 141 cm³/mol. The molecule has 0 spiro atoms. The highest BCUT2D eigenvalue weighted by atomic mass is 32.1. The van der Waals surface area contributed by atoms with Crippen LogP contribution in [0, 0.1) is 0 Å². The van der Waals surface area contributed by atoms with E-state index in [0.29, 0.717) is 11.5 Å². The molecule has 9 nitrogen and oxygen atoms in total. The average molecular weight is 502 g/mol. The summed E-state index contributed by atoms with van der Waals surface area (Å²) in [6.07, 6.45) is 1.45. The number of aromatic nitrogens is 4. The molecule has 4 heterocycles.